The highest BCUT2D eigenvalue weighted by molar-refractivity contribution is 9.10. The number of carbonyl (C=O) groups excluding carboxylic acids is 1. The Morgan fingerprint density at radius 3 is 2.81 bits per heavy atom. The van der Waals surface area contributed by atoms with E-state index in [0.717, 1.165) is 16.5 Å². The quantitative estimate of drug-likeness (QED) is 0.892. The highest BCUT2D eigenvalue weighted by Gasteiger charge is 2.13. The lowest BCUT2D eigenvalue weighted by Gasteiger charge is -2.15. The molecule has 16 heavy (non-hydrogen) atoms. The number of carbonyl (C=O) groups is 1. The van der Waals surface area contributed by atoms with Crippen LogP contribution in [-0.4, -0.2) is 23.7 Å². The lowest BCUT2D eigenvalue weighted by molar-refractivity contribution is 0.0914. The molecular weight excluding hydrogens is 270 g/mol. The number of aryl methyl sites for hydroxylation is 1. The molecule has 0 bridgehead atoms. The molecule has 1 aromatic carbocycles. The number of hydrogen-bond donors (Lipinski definition) is 2. The van der Waals surface area contributed by atoms with E-state index >= 15 is 0 Å². The van der Waals surface area contributed by atoms with Crippen LogP contribution in [0.15, 0.2) is 22.7 Å². The number of rotatable bonds is 4. The summed E-state index contributed by atoms with van der Waals surface area (Å²) in [5.41, 5.74) is 1.56. The second-order valence-corrected chi connectivity index (χ2v) is 4.64. The maximum absolute atomic E-state index is 11.9. The molecule has 1 rings (SSSR count). The van der Waals surface area contributed by atoms with Crippen LogP contribution in [0.25, 0.3) is 0 Å². The Bertz CT molecular complexity index is 375. The maximum Gasteiger partial charge on any atom is 0.251 e. The van der Waals surface area contributed by atoms with Gasteiger partial charge < -0.3 is 10.4 Å². The molecule has 0 heterocycles. The van der Waals surface area contributed by atoms with Gasteiger partial charge in [0, 0.05) is 10.0 Å². The van der Waals surface area contributed by atoms with Crippen LogP contribution in [0.2, 0.25) is 0 Å². The van der Waals surface area contributed by atoms with Crippen LogP contribution >= 0.6 is 15.9 Å². The van der Waals surface area contributed by atoms with Crippen molar-refractivity contribution in [2.24, 2.45) is 0 Å². The normalized spacial score (nSPS) is 12.2. The first-order valence-electron chi connectivity index (χ1n) is 5.26. The molecule has 88 valence electrons. The van der Waals surface area contributed by atoms with E-state index in [2.05, 4.69) is 21.2 Å². The summed E-state index contributed by atoms with van der Waals surface area (Å²) in [6.07, 6.45) is 0.718. The van der Waals surface area contributed by atoms with Gasteiger partial charge in [0.05, 0.1) is 12.6 Å². The molecule has 0 saturated heterocycles. The summed E-state index contributed by atoms with van der Waals surface area (Å²) in [5, 5.41) is 11.8. The van der Waals surface area contributed by atoms with Crippen LogP contribution in [0, 0.1) is 6.92 Å². The number of nitrogens with one attached hydrogen (secondary N) is 1. The van der Waals surface area contributed by atoms with Gasteiger partial charge in [-0.25, -0.2) is 0 Å². The zero-order chi connectivity index (χ0) is 12.1. The monoisotopic (exact) mass is 285 g/mol. The van der Waals surface area contributed by atoms with Crippen LogP contribution in [0.1, 0.15) is 29.3 Å². The fourth-order valence-corrected chi connectivity index (χ4v) is 1.74. The average Bonchev–Trinajstić information content (AvgIpc) is 2.28. The largest absolute Gasteiger partial charge is 0.394 e. The lowest BCUT2D eigenvalue weighted by atomic mass is 10.1. The minimum absolute atomic E-state index is 0.0324. The standard InChI is InChI=1S/C12H16BrNO2/c1-3-10(7-15)14-12(16)11-6-9(13)5-4-8(11)2/h4-6,10,15H,3,7H2,1-2H3,(H,14,16)/t10-/m0/s1. The summed E-state index contributed by atoms with van der Waals surface area (Å²) in [4.78, 5) is 11.9. The molecule has 0 aromatic heterocycles. The fraction of sp³-hybridized carbons (Fsp3) is 0.417. The van der Waals surface area contributed by atoms with Crippen LogP contribution < -0.4 is 5.32 Å². The lowest BCUT2D eigenvalue weighted by Crippen LogP contribution is -2.37. The average molecular weight is 286 g/mol. The molecule has 0 spiro atoms. The van der Waals surface area contributed by atoms with Gasteiger partial charge in [0.2, 0.25) is 0 Å². The Hall–Kier alpha value is -0.870. The van der Waals surface area contributed by atoms with Crippen LogP contribution in [0.5, 0.6) is 0 Å². The predicted molar refractivity (Wildman–Crippen MR) is 67.5 cm³/mol. The summed E-state index contributed by atoms with van der Waals surface area (Å²) in [5.74, 6) is -0.139. The van der Waals surface area contributed by atoms with E-state index < -0.39 is 0 Å². The van der Waals surface area contributed by atoms with Crippen molar-refractivity contribution >= 4 is 21.8 Å². The van der Waals surface area contributed by atoms with Crippen LogP contribution in [0.4, 0.5) is 0 Å². The van der Waals surface area contributed by atoms with E-state index in [1.165, 1.54) is 0 Å². The zero-order valence-corrected chi connectivity index (χ0v) is 11.0. The molecule has 0 aliphatic heterocycles. The number of benzene rings is 1. The SMILES string of the molecule is CC[C@@H](CO)NC(=O)c1cc(Br)ccc1C. The van der Waals surface area contributed by atoms with Gasteiger partial charge in [0.25, 0.3) is 5.91 Å². The fourth-order valence-electron chi connectivity index (χ4n) is 1.38. The van der Waals surface area contributed by atoms with E-state index in [-0.39, 0.29) is 18.6 Å². The van der Waals surface area contributed by atoms with Crippen molar-refractivity contribution in [1.29, 1.82) is 0 Å². The van der Waals surface area contributed by atoms with E-state index in [1.54, 1.807) is 6.07 Å². The molecule has 0 aliphatic carbocycles. The van der Waals surface area contributed by atoms with E-state index in [0.29, 0.717) is 5.56 Å². The van der Waals surface area contributed by atoms with E-state index in [1.807, 2.05) is 26.0 Å². The Morgan fingerprint density at radius 1 is 1.56 bits per heavy atom. The van der Waals surface area contributed by atoms with Crippen molar-refractivity contribution in [2.75, 3.05) is 6.61 Å². The Balaban J connectivity index is 2.83. The molecule has 1 atom stereocenters. The van der Waals surface area contributed by atoms with Crippen molar-refractivity contribution in [3.8, 4) is 0 Å². The van der Waals surface area contributed by atoms with Crippen molar-refractivity contribution in [3.63, 3.8) is 0 Å². The van der Waals surface area contributed by atoms with Gasteiger partial charge in [-0.15, -0.1) is 0 Å². The highest BCUT2D eigenvalue weighted by atomic mass is 79.9. The second-order valence-electron chi connectivity index (χ2n) is 3.72. The molecule has 4 heteroatoms. The zero-order valence-electron chi connectivity index (χ0n) is 9.46. The van der Waals surface area contributed by atoms with Gasteiger partial charge in [-0.3, -0.25) is 4.79 Å². The van der Waals surface area contributed by atoms with Crippen LogP contribution in [0.3, 0.4) is 0 Å². The molecule has 1 aromatic rings. The van der Waals surface area contributed by atoms with Crippen LogP contribution in [-0.2, 0) is 0 Å². The maximum atomic E-state index is 11.9. The summed E-state index contributed by atoms with van der Waals surface area (Å²) in [6, 6.07) is 5.40. The first kappa shape index (κ1) is 13.2. The first-order chi connectivity index (χ1) is 7.58. The topological polar surface area (TPSA) is 49.3 Å². The first-order valence-corrected chi connectivity index (χ1v) is 6.05. The highest BCUT2D eigenvalue weighted by Crippen LogP contribution is 2.16. The number of amides is 1. The molecule has 0 fully saturated rings. The third-order valence-corrected chi connectivity index (χ3v) is 2.99. The van der Waals surface area contributed by atoms with Crippen molar-refractivity contribution in [3.05, 3.63) is 33.8 Å². The molecule has 0 unspecified atom stereocenters. The molecule has 0 aliphatic rings. The number of aliphatic hydroxyl groups excluding tert-OH is 1. The third-order valence-electron chi connectivity index (χ3n) is 2.49. The van der Waals surface area contributed by atoms with Gasteiger partial charge in [0.15, 0.2) is 0 Å². The molecule has 0 saturated carbocycles. The molecule has 1 amide bonds. The summed E-state index contributed by atoms with van der Waals surface area (Å²) in [7, 11) is 0. The number of halogens is 1. The van der Waals surface area contributed by atoms with Crippen molar-refractivity contribution in [1.82, 2.24) is 5.32 Å². The molecule has 0 radical (unpaired) electrons. The van der Waals surface area contributed by atoms with Gasteiger partial charge in [-0.2, -0.15) is 0 Å². The number of hydrogen-bond acceptors (Lipinski definition) is 2. The van der Waals surface area contributed by atoms with E-state index in [4.69, 9.17) is 5.11 Å². The summed E-state index contributed by atoms with van der Waals surface area (Å²) >= 11 is 3.34. The van der Waals surface area contributed by atoms with Crippen molar-refractivity contribution < 1.29 is 9.90 Å². The molecule has 2 N–H and O–H groups in total. The van der Waals surface area contributed by atoms with Gasteiger partial charge in [-0.05, 0) is 31.0 Å². The van der Waals surface area contributed by atoms with Gasteiger partial charge >= 0.3 is 0 Å². The van der Waals surface area contributed by atoms with Gasteiger partial charge in [-0.1, -0.05) is 28.9 Å². The minimum atomic E-state index is -0.175. The Kier molecular flexibility index (Phi) is 4.96. The minimum Gasteiger partial charge on any atom is -0.394 e. The number of aliphatic hydroxyl groups is 1. The second kappa shape index (κ2) is 6.01. The smallest absolute Gasteiger partial charge is 0.251 e. The Labute approximate surface area is 104 Å². The third kappa shape index (κ3) is 3.32. The van der Waals surface area contributed by atoms with Crippen molar-refractivity contribution in [2.45, 2.75) is 26.3 Å². The Morgan fingerprint density at radius 2 is 2.25 bits per heavy atom. The molecule has 3 nitrogen and oxygen atoms in total. The van der Waals surface area contributed by atoms with Gasteiger partial charge in [0.1, 0.15) is 0 Å². The summed E-state index contributed by atoms with van der Waals surface area (Å²) < 4.78 is 0.875. The van der Waals surface area contributed by atoms with E-state index in [9.17, 15) is 4.79 Å². The predicted octanol–water partition coefficient (Wildman–Crippen LogP) is 2.26. The molecular formula is C12H16BrNO2. The summed E-state index contributed by atoms with van der Waals surface area (Å²) in [6.45, 7) is 3.78.